The standard InChI is InChI=1S/C19H20BrN3O2S/c1-13-10-15(20)5-6-16(13)22-17(24)12-26-18-7-4-14(11-21-18)19(25)23-8-2-3-9-23/h4-7,10-11H,2-3,8-9,12H2,1H3,(H,22,24). The SMILES string of the molecule is Cc1cc(Br)ccc1NC(=O)CSc1ccc(C(=O)N2CCCC2)cn1. The van der Waals surface area contributed by atoms with E-state index in [1.807, 2.05) is 30.0 Å². The first-order valence-electron chi connectivity index (χ1n) is 8.47. The highest BCUT2D eigenvalue weighted by Crippen LogP contribution is 2.21. The number of aryl methyl sites for hydroxylation is 1. The molecule has 1 saturated heterocycles. The van der Waals surface area contributed by atoms with Crippen LogP contribution in [0.25, 0.3) is 0 Å². The monoisotopic (exact) mass is 433 g/mol. The Labute approximate surface area is 165 Å². The summed E-state index contributed by atoms with van der Waals surface area (Å²) in [6, 6.07) is 9.31. The van der Waals surface area contributed by atoms with E-state index in [4.69, 9.17) is 0 Å². The normalized spacial score (nSPS) is 13.7. The maximum absolute atomic E-state index is 12.3. The third-order valence-electron chi connectivity index (χ3n) is 4.19. The first-order valence-corrected chi connectivity index (χ1v) is 10.2. The summed E-state index contributed by atoms with van der Waals surface area (Å²) in [5, 5.41) is 3.63. The minimum absolute atomic E-state index is 0.0370. The molecule has 2 aromatic rings. The van der Waals surface area contributed by atoms with Crippen LogP contribution in [0.3, 0.4) is 0 Å². The Morgan fingerprint density at radius 2 is 2.00 bits per heavy atom. The van der Waals surface area contributed by atoms with Crippen molar-refractivity contribution in [2.45, 2.75) is 24.8 Å². The Bertz CT molecular complexity index is 805. The summed E-state index contributed by atoms with van der Waals surface area (Å²) >= 11 is 4.76. The van der Waals surface area contributed by atoms with Gasteiger partial charge in [0.25, 0.3) is 5.91 Å². The van der Waals surface area contributed by atoms with E-state index in [1.165, 1.54) is 11.8 Å². The van der Waals surface area contributed by atoms with Gasteiger partial charge in [-0.3, -0.25) is 9.59 Å². The average molecular weight is 434 g/mol. The van der Waals surface area contributed by atoms with Gasteiger partial charge in [-0.2, -0.15) is 0 Å². The van der Waals surface area contributed by atoms with Gasteiger partial charge in [0, 0.05) is 29.4 Å². The van der Waals surface area contributed by atoms with Gasteiger partial charge in [-0.15, -0.1) is 0 Å². The van der Waals surface area contributed by atoms with Crippen LogP contribution in [0.2, 0.25) is 0 Å². The number of carbonyl (C=O) groups excluding carboxylic acids is 2. The predicted molar refractivity (Wildman–Crippen MR) is 108 cm³/mol. The van der Waals surface area contributed by atoms with Crippen LogP contribution in [0, 0.1) is 6.92 Å². The van der Waals surface area contributed by atoms with E-state index >= 15 is 0 Å². The molecule has 0 unspecified atom stereocenters. The van der Waals surface area contributed by atoms with Crippen molar-refractivity contribution in [1.82, 2.24) is 9.88 Å². The van der Waals surface area contributed by atoms with Gasteiger partial charge in [0.05, 0.1) is 16.3 Å². The van der Waals surface area contributed by atoms with Crippen LogP contribution >= 0.6 is 27.7 Å². The number of anilines is 1. The maximum atomic E-state index is 12.3. The number of rotatable bonds is 5. The Hall–Kier alpha value is -1.86. The van der Waals surface area contributed by atoms with Crippen molar-refractivity contribution in [1.29, 1.82) is 0 Å². The topological polar surface area (TPSA) is 62.3 Å². The third kappa shape index (κ3) is 4.86. The third-order valence-corrected chi connectivity index (χ3v) is 5.63. The number of pyridine rings is 1. The van der Waals surface area contributed by atoms with E-state index in [0.717, 1.165) is 46.7 Å². The predicted octanol–water partition coefficient (Wildman–Crippen LogP) is 4.12. The molecule has 0 aliphatic carbocycles. The van der Waals surface area contributed by atoms with E-state index < -0.39 is 0 Å². The highest BCUT2D eigenvalue weighted by atomic mass is 79.9. The van der Waals surface area contributed by atoms with Crippen LogP contribution in [0.5, 0.6) is 0 Å². The molecule has 0 saturated carbocycles. The van der Waals surface area contributed by atoms with Crippen LogP contribution in [0.1, 0.15) is 28.8 Å². The molecular weight excluding hydrogens is 414 g/mol. The zero-order valence-electron chi connectivity index (χ0n) is 14.5. The van der Waals surface area contributed by atoms with Crippen LogP contribution < -0.4 is 5.32 Å². The summed E-state index contributed by atoms with van der Waals surface area (Å²) in [6.07, 6.45) is 3.74. The quantitative estimate of drug-likeness (QED) is 0.720. The Morgan fingerprint density at radius 1 is 1.23 bits per heavy atom. The molecule has 0 bridgehead atoms. The minimum Gasteiger partial charge on any atom is -0.339 e. The van der Waals surface area contributed by atoms with Crippen LogP contribution in [-0.2, 0) is 4.79 Å². The number of likely N-dealkylation sites (tertiary alicyclic amines) is 1. The molecule has 1 fully saturated rings. The van der Waals surface area contributed by atoms with Crippen molar-refractivity contribution < 1.29 is 9.59 Å². The van der Waals surface area contributed by atoms with Crippen molar-refractivity contribution in [3.8, 4) is 0 Å². The molecule has 2 amide bonds. The first kappa shape index (κ1) is 18.9. The molecule has 1 N–H and O–H groups in total. The first-order chi connectivity index (χ1) is 12.5. The minimum atomic E-state index is -0.0838. The summed E-state index contributed by atoms with van der Waals surface area (Å²) in [7, 11) is 0. The second-order valence-corrected chi connectivity index (χ2v) is 8.09. The smallest absolute Gasteiger partial charge is 0.255 e. The lowest BCUT2D eigenvalue weighted by Crippen LogP contribution is -2.27. The van der Waals surface area contributed by atoms with Crippen molar-refractivity contribution in [2.24, 2.45) is 0 Å². The molecule has 5 nitrogen and oxygen atoms in total. The fourth-order valence-corrected chi connectivity index (χ4v) is 3.91. The van der Waals surface area contributed by atoms with Crippen molar-refractivity contribution in [3.63, 3.8) is 0 Å². The lowest BCUT2D eigenvalue weighted by Gasteiger charge is -2.14. The van der Waals surface area contributed by atoms with Crippen molar-refractivity contribution >= 4 is 45.2 Å². The fraction of sp³-hybridized carbons (Fsp3) is 0.316. The Balaban J connectivity index is 1.52. The number of thioether (sulfide) groups is 1. The number of carbonyl (C=O) groups is 2. The van der Waals surface area contributed by atoms with Gasteiger partial charge in [-0.05, 0) is 55.7 Å². The van der Waals surface area contributed by atoms with Gasteiger partial charge < -0.3 is 10.2 Å². The summed E-state index contributed by atoms with van der Waals surface area (Å²) in [6.45, 7) is 3.60. The zero-order valence-corrected chi connectivity index (χ0v) is 16.9. The summed E-state index contributed by atoms with van der Waals surface area (Å²) in [5.41, 5.74) is 2.41. The van der Waals surface area contributed by atoms with Crippen molar-refractivity contribution in [3.05, 3.63) is 52.1 Å². The van der Waals surface area contributed by atoms with Gasteiger partial charge in [0.1, 0.15) is 0 Å². The molecule has 26 heavy (non-hydrogen) atoms. The molecule has 1 aliphatic heterocycles. The molecule has 0 spiro atoms. The number of nitrogens with one attached hydrogen (secondary N) is 1. The zero-order chi connectivity index (χ0) is 18.5. The summed E-state index contributed by atoms with van der Waals surface area (Å²) < 4.78 is 0.982. The van der Waals surface area contributed by atoms with Gasteiger partial charge in [-0.1, -0.05) is 27.7 Å². The van der Waals surface area contributed by atoms with E-state index in [2.05, 4.69) is 26.2 Å². The van der Waals surface area contributed by atoms with Gasteiger partial charge in [0.2, 0.25) is 5.91 Å². The highest BCUT2D eigenvalue weighted by Gasteiger charge is 2.19. The van der Waals surface area contributed by atoms with E-state index in [-0.39, 0.29) is 17.6 Å². The number of hydrogen-bond donors (Lipinski definition) is 1. The molecule has 0 radical (unpaired) electrons. The van der Waals surface area contributed by atoms with Gasteiger partial charge in [-0.25, -0.2) is 4.98 Å². The number of benzene rings is 1. The lowest BCUT2D eigenvalue weighted by atomic mass is 10.2. The van der Waals surface area contributed by atoms with Gasteiger partial charge >= 0.3 is 0 Å². The molecule has 1 aromatic heterocycles. The fourth-order valence-electron chi connectivity index (χ4n) is 2.79. The number of hydrogen-bond acceptors (Lipinski definition) is 4. The summed E-state index contributed by atoms with van der Waals surface area (Å²) in [4.78, 5) is 30.6. The number of halogens is 1. The van der Waals surface area contributed by atoms with Crippen LogP contribution in [-0.4, -0.2) is 40.5 Å². The van der Waals surface area contributed by atoms with E-state index in [9.17, 15) is 9.59 Å². The van der Waals surface area contributed by atoms with E-state index in [1.54, 1.807) is 18.3 Å². The second kappa shape index (κ2) is 8.68. The molecule has 2 heterocycles. The summed E-state index contributed by atoms with van der Waals surface area (Å²) in [5.74, 6) is 0.219. The van der Waals surface area contributed by atoms with Gasteiger partial charge in [0.15, 0.2) is 0 Å². The number of amides is 2. The Kier molecular flexibility index (Phi) is 6.32. The maximum Gasteiger partial charge on any atom is 0.255 e. The van der Waals surface area contributed by atoms with Crippen LogP contribution in [0.4, 0.5) is 5.69 Å². The van der Waals surface area contributed by atoms with E-state index in [0.29, 0.717) is 5.56 Å². The number of nitrogens with zero attached hydrogens (tertiary/aromatic N) is 2. The second-order valence-electron chi connectivity index (χ2n) is 6.18. The molecule has 1 aromatic carbocycles. The molecular formula is C19H20BrN3O2S. The highest BCUT2D eigenvalue weighted by molar-refractivity contribution is 9.10. The Morgan fingerprint density at radius 3 is 2.65 bits per heavy atom. The molecule has 1 aliphatic rings. The number of aromatic nitrogens is 1. The molecule has 3 rings (SSSR count). The molecule has 136 valence electrons. The van der Waals surface area contributed by atoms with Crippen LogP contribution in [0.15, 0.2) is 46.0 Å². The molecule has 0 atom stereocenters. The average Bonchev–Trinajstić information content (AvgIpc) is 3.17. The lowest BCUT2D eigenvalue weighted by molar-refractivity contribution is -0.113. The molecule has 7 heteroatoms. The largest absolute Gasteiger partial charge is 0.339 e. The van der Waals surface area contributed by atoms with Crippen molar-refractivity contribution in [2.75, 3.05) is 24.2 Å².